The first-order chi connectivity index (χ1) is 12.1. The van der Waals surface area contributed by atoms with E-state index in [2.05, 4.69) is 4.98 Å². The molecule has 1 aliphatic carbocycles. The zero-order valence-electron chi connectivity index (χ0n) is 14.7. The monoisotopic (exact) mass is 362 g/mol. The van der Waals surface area contributed by atoms with Crippen molar-refractivity contribution < 1.29 is 19.0 Å². The second-order valence-electron chi connectivity index (χ2n) is 5.89. The molecule has 0 saturated heterocycles. The fourth-order valence-electron chi connectivity index (χ4n) is 2.64. The Morgan fingerprint density at radius 2 is 1.96 bits per heavy atom. The second kappa shape index (κ2) is 7.74. The van der Waals surface area contributed by atoms with E-state index in [1.807, 2.05) is 28.5 Å². The number of thiazole rings is 1. The van der Waals surface area contributed by atoms with Crippen molar-refractivity contribution in [3.8, 4) is 17.2 Å². The maximum Gasteiger partial charge on any atom is 0.220 e. The topological polar surface area (TPSA) is 60.9 Å². The van der Waals surface area contributed by atoms with Gasteiger partial charge in [0.25, 0.3) is 0 Å². The largest absolute Gasteiger partial charge is 0.493 e. The third kappa shape index (κ3) is 4.22. The summed E-state index contributed by atoms with van der Waals surface area (Å²) in [6.45, 7) is 2.50. The van der Waals surface area contributed by atoms with E-state index in [1.165, 1.54) is 11.3 Å². The zero-order chi connectivity index (χ0) is 17.8. The first-order valence-corrected chi connectivity index (χ1v) is 9.04. The van der Waals surface area contributed by atoms with Crippen molar-refractivity contribution in [3.63, 3.8) is 0 Å². The molecule has 1 fully saturated rings. The van der Waals surface area contributed by atoms with Crippen molar-refractivity contribution in [3.05, 3.63) is 34.3 Å². The van der Waals surface area contributed by atoms with Crippen LogP contribution >= 0.6 is 11.3 Å². The van der Waals surface area contributed by atoms with Gasteiger partial charge in [-0.15, -0.1) is 11.3 Å². The predicted octanol–water partition coefficient (Wildman–Crippen LogP) is 3.25. The lowest BCUT2D eigenvalue weighted by Crippen LogP contribution is -2.30. The summed E-state index contributed by atoms with van der Waals surface area (Å²) in [6.07, 6.45) is 2.18. The van der Waals surface area contributed by atoms with Gasteiger partial charge in [0, 0.05) is 18.3 Å². The summed E-state index contributed by atoms with van der Waals surface area (Å²) < 4.78 is 16.5. The highest BCUT2D eigenvalue weighted by Gasteiger charge is 2.31. The molecule has 0 N–H and O–H groups in total. The lowest BCUT2D eigenvalue weighted by atomic mass is 10.3. The Morgan fingerprint density at radius 1 is 1.28 bits per heavy atom. The minimum absolute atomic E-state index is 0.104. The average molecular weight is 362 g/mol. The molecule has 1 aromatic heterocycles. The number of aromatic nitrogens is 1. The smallest absolute Gasteiger partial charge is 0.220 e. The minimum Gasteiger partial charge on any atom is -0.493 e. The van der Waals surface area contributed by atoms with Crippen LogP contribution in [0.1, 0.15) is 30.5 Å². The standard InChI is InChI=1S/C18H22N2O4S/c1-12(21)20(14-7-8-14)9-13-11-25-17(19-13)10-24-18-15(22-2)5-4-6-16(18)23-3/h4-6,11,14H,7-10H2,1-3H3. The van der Waals surface area contributed by atoms with Crippen LogP contribution in [0, 0.1) is 0 Å². The number of carbonyl (C=O) groups excluding carboxylic acids is 1. The third-order valence-corrected chi connectivity index (χ3v) is 4.92. The predicted molar refractivity (Wildman–Crippen MR) is 95.2 cm³/mol. The fraction of sp³-hybridized carbons (Fsp3) is 0.444. The van der Waals surface area contributed by atoms with Gasteiger partial charge in [-0.25, -0.2) is 4.98 Å². The normalized spacial score (nSPS) is 13.4. The SMILES string of the molecule is COc1cccc(OC)c1OCc1nc(CN(C(C)=O)C2CC2)cs1. The van der Waals surface area contributed by atoms with E-state index < -0.39 is 0 Å². The first-order valence-electron chi connectivity index (χ1n) is 8.16. The Labute approximate surface area is 151 Å². The molecule has 0 atom stereocenters. The van der Waals surface area contributed by atoms with Crippen molar-refractivity contribution in [2.24, 2.45) is 0 Å². The molecule has 2 aromatic rings. The van der Waals surface area contributed by atoms with Gasteiger partial charge in [-0.1, -0.05) is 6.07 Å². The van der Waals surface area contributed by atoms with Crippen LogP contribution in [0.15, 0.2) is 23.6 Å². The Bertz CT molecular complexity index is 720. The number of benzene rings is 1. The second-order valence-corrected chi connectivity index (χ2v) is 6.83. The summed E-state index contributed by atoms with van der Waals surface area (Å²) in [5, 5.41) is 2.83. The van der Waals surface area contributed by atoms with Gasteiger partial charge >= 0.3 is 0 Å². The van der Waals surface area contributed by atoms with E-state index in [-0.39, 0.29) is 5.91 Å². The molecule has 1 amide bonds. The van der Waals surface area contributed by atoms with Crippen LogP contribution in [0.2, 0.25) is 0 Å². The Morgan fingerprint density at radius 3 is 2.52 bits per heavy atom. The molecule has 0 bridgehead atoms. The minimum atomic E-state index is 0.104. The number of methoxy groups -OCH3 is 2. The molecule has 134 valence electrons. The van der Waals surface area contributed by atoms with Gasteiger partial charge in [-0.05, 0) is 25.0 Å². The molecular weight excluding hydrogens is 340 g/mol. The molecule has 0 unspecified atom stereocenters. The van der Waals surface area contributed by atoms with Crippen LogP contribution < -0.4 is 14.2 Å². The van der Waals surface area contributed by atoms with Gasteiger partial charge in [0.2, 0.25) is 11.7 Å². The van der Waals surface area contributed by atoms with Crippen LogP contribution in [0.3, 0.4) is 0 Å². The summed E-state index contributed by atoms with van der Waals surface area (Å²) >= 11 is 1.53. The molecule has 25 heavy (non-hydrogen) atoms. The van der Waals surface area contributed by atoms with Crippen LogP contribution in [0.4, 0.5) is 0 Å². The van der Waals surface area contributed by atoms with Crippen molar-refractivity contribution in [1.82, 2.24) is 9.88 Å². The molecule has 6 nitrogen and oxygen atoms in total. The quantitative estimate of drug-likeness (QED) is 0.721. The number of rotatable bonds is 8. The van der Waals surface area contributed by atoms with Gasteiger partial charge < -0.3 is 19.1 Å². The lowest BCUT2D eigenvalue weighted by molar-refractivity contribution is -0.130. The Balaban J connectivity index is 1.65. The summed E-state index contributed by atoms with van der Waals surface area (Å²) in [5.41, 5.74) is 0.901. The van der Waals surface area contributed by atoms with Gasteiger partial charge in [0.15, 0.2) is 11.5 Å². The molecular formula is C18H22N2O4S. The average Bonchev–Trinajstić information content (AvgIpc) is 3.36. The van der Waals surface area contributed by atoms with Crippen LogP contribution in [0.25, 0.3) is 0 Å². The lowest BCUT2D eigenvalue weighted by Gasteiger charge is -2.19. The third-order valence-electron chi connectivity index (χ3n) is 4.05. The molecule has 1 aliphatic rings. The Hall–Kier alpha value is -2.28. The summed E-state index contributed by atoms with van der Waals surface area (Å²) in [7, 11) is 3.19. The highest BCUT2D eigenvalue weighted by Crippen LogP contribution is 2.37. The maximum absolute atomic E-state index is 11.7. The van der Waals surface area contributed by atoms with E-state index in [4.69, 9.17) is 14.2 Å². The highest BCUT2D eigenvalue weighted by atomic mass is 32.1. The van der Waals surface area contributed by atoms with Crippen molar-refractivity contribution in [1.29, 1.82) is 0 Å². The van der Waals surface area contributed by atoms with E-state index in [0.29, 0.717) is 36.4 Å². The van der Waals surface area contributed by atoms with Crippen LogP contribution in [-0.2, 0) is 17.9 Å². The zero-order valence-corrected chi connectivity index (χ0v) is 15.5. The molecule has 1 aromatic carbocycles. The molecule has 1 saturated carbocycles. The fourth-order valence-corrected chi connectivity index (χ4v) is 3.34. The van der Waals surface area contributed by atoms with Gasteiger partial charge in [0.05, 0.1) is 26.5 Å². The number of nitrogens with zero attached hydrogens (tertiary/aromatic N) is 2. The van der Waals surface area contributed by atoms with Crippen molar-refractivity contribution in [2.45, 2.75) is 39.0 Å². The Kier molecular flexibility index (Phi) is 5.43. The highest BCUT2D eigenvalue weighted by molar-refractivity contribution is 7.09. The van der Waals surface area contributed by atoms with Crippen LogP contribution in [0.5, 0.6) is 17.2 Å². The molecule has 1 heterocycles. The number of hydrogen-bond donors (Lipinski definition) is 0. The van der Waals surface area contributed by atoms with E-state index in [9.17, 15) is 4.79 Å². The number of amides is 1. The summed E-state index contributed by atoms with van der Waals surface area (Å²) in [6, 6.07) is 5.88. The first kappa shape index (κ1) is 17.5. The number of hydrogen-bond acceptors (Lipinski definition) is 6. The van der Waals surface area contributed by atoms with Crippen molar-refractivity contribution >= 4 is 17.2 Å². The molecule has 7 heteroatoms. The van der Waals surface area contributed by atoms with Gasteiger partial charge in [-0.2, -0.15) is 0 Å². The summed E-state index contributed by atoms with van der Waals surface area (Å²) in [4.78, 5) is 18.2. The van der Waals surface area contributed by atoms with Gasteiger partial charge in [0.1, 0.15) is 11.6 Å². The maximum atomic E-state index is 11.7. The van der Waals surface area contributed by atoms with Crippen LogP contribution in [-0.4, -0.2) is 36.1 Å². The van der Waals surface area contributed by atoms with E-state index >= 15 is 0 Å². The number of ether oxygens (including phenoxy) is 3. The van der Waals surface area contributed by atoms with Gasteiger partial charge in [-0.3, -0.25) is 4.79 Å². The molecule has 0 aliphatic heterocycles. The van der Waals surface area contributed by atoms with Crippen molar-refractivity contribution in [2.75, 3.05) is 14.2 Å². The number of carbonyl (C=O) groups is 1. The molecule has 0 spiro atoms. The van der Waals surface area contributed by atoms with E-state index in [1.54, 1.807) is 21.1 Å². The molecule has 3 rings (SSSR count). The molecule has 0 radical (unpaired) electrons. The van der Waals surface area contributed by atoms with E-state index in [0.717, 1.165) is 23.5 Å². The summed E-state index contributed by atoms with van der Waals surface area (Å²) in [5.74, 6) is 1.90. The number of para-hydroxylation sites is 1.